The Hall–Kier alpha value is -3.34. The zero-order valence-corrected chi connectivity index (χ0v) is 15.0. The number of fused-ring (bicyclic) bond motifs is 1. The molecule has 1 N–H and O–H groups in total. The van der Waals surface area contributed by atoms with Gasteiger partial charge < -0.3 is 14.6 Å². The maximum Gasteiger partial charge on any atom is 0.290 e. The molecule has 0 saturated heterocycles. The maximum absolute atomic E-state index is 13.1. The van der Waals surface area contributed by atoms with E-state index in [9.17, 15) is 9.59 Å². The molecule has 2 aromatic carbocycles. The summed E-state index contributed by atoms with van der Waals surface area (Å²) in [4.78, 5) is 27.6. The lowest BCUT2D eigenvalue weighted by Crippen LogP contribution is -2.50. The summed E-state index contributed by atoms with van der Waals surface area (Å²) in [6.45, 7) is 2.32. The number of furan rings is 1. The monoisotopic (exact) mass is 360 g/mol. The summed E-state index contributed by atoms with van der Waals surface area (Å²) >= 11 is 0. The van der Waals surface area contributed by atoms with Crippen LogP contribution in [0.25, 0.3) is 0 Å². The minimum atomic E-state index is -0.600. The number of nitrogens with one attached hydrogen (secondary N) is 1. The quantitative estimate of drug-likeness (QED) is 0.773. The summed E-state index contributed by atoms with van der Waals surface area (Å²) in [5.41, 5.74) is 3.88. The molecule has 0 fully saturated rings. The molecule has 2 amide bonds. The summed E-state index contributed by atoms with van der Waals surface area (Å²) in [6, 6.07) is 18.2. The molecule has 1 aliphatic rings. The maximum atomic E-state index is 13.1. The average Bonchev–Trinajstić information content (AvgIpc) is 3.23. The van der Waals surface area contributed by atoms with Crippen molar-refractivity contribution in [2.75, 3.05) is 5.32 Å². The first kappa shape index (κ1) is 17.1. The third kappa shape index (κ3) is 3.36. The van der Waals surface area contributed by atoms with Gasteiger partial charge in [-0.15, -0.1) is 0 Å². The second-order valence-corrected chi connectivity index (χ2v) is 6.70. The highest BCUT2D eigenvalue weighted by atomic mass is 16.3. The molecule has 5 heteroatoms. The van der Waals surface area contributed by atoms with Gasteiger partial charge in [-0.2, -0.15) is 0 Å². The predicted octanol–water partition coefficient (Wildman–Crippen LogP) is 3.79. The third-order valence-electron chi connectivity index (χ3n) is 4.95. The topological polar surface area (TPSA) is 62.6 Å². The van der Waals surface area contributed by atoms with Gasteiger partial charge in [0.15, 0.2) is 5.76 Å². The fourth-order valence-electron chi connectivity index (χ4n) is 3.44. The number of rotatable bonds is 3. The molecule has 5 nitrogen and oxygen atoms in total. The third-order valence-corrected chi connectivity index (χ3v) is 4.95. The number of benzene rings is 2. The summed E-state index contributed by atoms with van der Waals surface area (Å²) in [7, 11) is 0. The molecule has 0 spiro atoms. The lowest BCUT2D eigenvalue weighted by atomic mass is 9.93. The van der Waals surface area contributed by atoms with Crippen LogP contribution in [0.15, 0.2) is 71.3 Å². The molecule has 3 aromatic rings. The smallest absolute Gasteiger partial charge is 0.290 e. The van der Waals surface area contributed by atoms with Gasteiger partial charge in [0.05, 0.1) is 6.26 Å². The van der Waals surface area contributed by atoms with Gasteiger partial charge in [0.1, 0.15) is 6.04 Å². The van der Waals surface area contributed by atoms with Crippen molar-refractivity contribution in [3.8, 4) is 0 Å². The summed E-state index contributed by atoms with van der Waals surface area (Å²) in [5, 5.41) is 2.98. The number of para-hydroxylation sites is 1. The highest BCUT2D eigenvalue weighted by molar-refractivity contribution is 6.01. The van der Waals surface area contributed by atoms with E-state index in [0.717, 1.165) is 22.4 Å². The van der Waals surface area contributed by atoms with Gasteiger partial charge in [0.25, 0.3) is 5.91 Å². The number of amides is 2. The van der Waals surface area contributed by atoms with Crippen molar-refractivity contribution in [2.45, 2.75) is 25.9 Å². The zero-order chi connectivity index (χ0) is 18.8. The second kappa shape index (κ2) is 7.11. The molecule has 0 aliphatic carbocycles. The van der Waals surface area contributed by atoms with Crippen LogP contribution in [0.1, 0.15) is 27.2 Å². The molecule has 0 saturated carbocycles. The molecule has 4 rings (SSSR count). The molecule has 1 aromatic heterocycles. The summed E-state index contributed by atoms with van der Waals surface area (Å²) in [5.74, 6) is -0.235. The van der Waals surface area contributed by atoms with E-state index in [-0.39, 0.29) is 17.6 Å². The molecule has 0 bridgehead atoms. The van der Waals surface area contributed by atoms with E-state index >= 15 is 0 Å². The van der Waals surface area contributed by atoms with Crippen LogP contribution >= 0.6 is 0 Å². The Morgan fingerprint density at radius 1 is 1.00 bits per heavy atom. The van der Waals surface area contributed by atoms with E-state index in [2.05, 4.69) is 5.32 Å². The Balaban J connectivity index is 1.65. The largest absolute Gasteiger partial charge is 0.459 e. The Morgan fingerprint density at radius 3 is 2.48 bits per heavy atom. The average molecular weight is 360 g/mol. The normalized spacial score (nSPS) is 15.9. The fraction of sp³-hybridized carbons (Fsp3) is 0.182. The van der Waals surface area contributed by atoms with Crippen molar-refractivity contribution in [3.05, 3.63) is 89.4 Å². The molecule has 136 valence electrons. The molecule has 1 atom stereocenters. The van der Waals surface area contributed by atoms with Gasteiger partial charge in [0.2, 0.25) is 5.91 Å². The Bertz CT molecular complexity index is 979. The van der Waals surface area contributed by atoms with Crippen LogP contribution in [0, 0.1) is 6.92 Å². The molecular weight excluding hydrogens is 340 g/mol. The van der Waals surface area contributed by atoms with Gasteiger partial charge >= 0.3 is 0 Å². The Morgan fingerprint density at radius 2 is 1.74 bits per heavy atom. The summed E-state index contributed by atoms with van der Waals surface area (Å²) in [6.07, 6.45) is 1.94. The molecule has 0 unspecified atom stereocenters. The van der Waals surface area contributed by atoms with Crippen LogP contribution in [-0.4, -0.2) is 22.8 Å². The standard InChI is InChI=1S/C22H20N2O3/c1-15-7-2-5-10-18(15)23-21(25)19-13-16-8-3-4-9-17(16)14-24(19)22(26)20-11-6-12-27-20/h2-12,19H,13-14H2,1H3,(H,23,25)/t19-/m0/s1. The lowest BCUT2D eigenvalue weighted by Gasteiger charge is -2.35. The van der Waals surface area contributed by atoms with Crippen molar-refractivity contribution in [3.63, 3.8) is 0 Å². The van der Waals surface area contributed by atoms with Gasteiger partial charge in [-0.1, -0.05) is 42.5 Å². The van der Waals surface area contributed by atoms with Crippen LogP contribution in [0.4, 0.5) is 5.69 Å². The van der Waals surface area contributed by atoms with Crippen molar-refractivity contribution >= 4 is 17.5 Å². The van der Waals surface area contributed by atoms with E-state index < -0.39 is 6.04 Å². The molecular formula is C22H20N2O3. The second-order valence-electron chi connectivity index (χ2n) is 6.70. The van der Waals surface area contributed by atoms with E-state index in [1.165, 1.54) is 6.26 Å². The van der Waals surface area contributed by atoms with E-state index in [4.69, 9.17) is 4.42 Å². The predicted molar refractivity (Wildman–Crippen MR) is 102 cm³/mol. The number of hydrogen-bond donors (Lipinski definition) is 1. The SMILES string of the molecule is Cc1ccccc1NC(=O)[C@@H]1Cc2ccccc2CN1C(=O)c1ccco1. The van der Waals surface area contributed by atoms with Crippen molar-refractivity contribution in [2.24, 2.45) is 0 Å². The highest BCUT2D eigenvalue weighted by Gasteiger charge is 2.36. The van der Waals surface area contributed by atoms with Gasteiger partial charge in [-0.05, 0) is 41.8 Å². The van der Waals surface area contributed by atoms with E-state index in [1.54, 1.807) is 17.0 Å². The van der Waals surface area contributed by atoms with Crippen molar-refractivity contribution in [1.29, 1.82) is 0 Å². The Kier molecular flexibility index (Phi) is 4.50. The number of carbonyl (C=O) groups excluding carboxylic acids is 2. The first-order chi connectivity index (χ1) is 13.1. The Labute approximate surface area is 157 Å². The van der Waals surface area contributed by atoms with Crippen LogP contribution in [0.3, 0.4) is 0 Å². The number of anilines is 1. The van der Waals surface area contributed by atoms with Crippen LogP contribution < -0.4 is 5.32 Å². The highest BCUT2D eigenvalue weighted by Crippen LogP contribution is 2.26. The first-order valence-electron chi connectivity index (χ1n) is 8.91. The first-order valence-corrected chi connectivity index (χ1v) is 8.91. The zero-order valence-electron chi connectivity index (χ0n) is 15.0. The number of aryl methyl sites for hydroxylation is 1. The minimum Gasteiger partial charge on any atom is -0.459 e. The summed E-state index contributed by atoms with van der Waals surface area (Å²) < 4.78 is 5.28. The number of nitrogens with zero attached hydrogens (tertiary/aromatic N) is 1. The van der Waals surface area contributed by atoms with Gasteiger partial charge in [-0.3, -0.25) is 9.59 Å². The minimum absolute atomic E-state index is 0.196. The number of hydrogen-bond acceptors (Lipinski definition) is 3. The van der Waals surface area contributed by atoms with Gasteiger partial charge in [0, 0.05) is 18.7 Å². The molecule has 1 aliphatic heterocycles. The van der Waals surface area contributed by atoms with Crippen molar-refractivity contribution < 1.29 is 14.0 Å². The fourth-order valence-corrected chi connectivity index (χ4v) is 3.44. The van der Waals surface area contributed by atoms with Crippen LogP contribution in [-0.2, 0) is 17.8 Å². The lowest BCUT2D eigenvalue weighted by molar-refractivity contribution is -0.121. The molecule has 2 heterocycles. The molecule has 0 radical (unpaired) electrons. The van der Waals surface area contributed by atoms with E-state index in [0.29, 0.717) is 13.0 Å². The van der Waals surface area contributed by atoms with E-state index in [1.807, 2.05) is 55.5 Å². The van der Waals surface area contributed by atoms with Gasteiger partial charge in [-0.25, -0.2) is 0 Å². The van der Waals surface area contributed by atoms with Crippen molar-refractivity contribution in [1.82, 2.24) is 4.90 Å². The van der Waals surface area contributed by atoms with Crippen LogP contribution in [0.5, 0.6) is 0 Å². The van der Waals surface area contributed by atoms with Crippen LogP contribution in [0.2, 0.25) is 0 Å². The molecule has 27 heavy (non-hydrogen) atoms. The number of carbonyl (C=O) groups is 2.